The normalized spacial score (nSPS) is 19.1. The molecule has 0 radical (unpaired) electrons. The molecule has 0 aliphatic carbocycles. The number of cyclic esters (lactones) is 1. The molecule has 1 aromatic heterocycles. The summed E-state index contributed by atoms with van der Waals surface area (Å²) in [4.78, 5) is 28.1. The smallest absolute Gasteiger partial charge is 0.308 e. The van der Waals surface area contributed by atoms with Gasteiger partial charge in [-0.1, -0.05) is 13.8 Å². The van der Waals surface area contributed by atoms with E-state index in [-0.39, 0.29) is 23.8 Å². The molecule has 1 fully saturated rings. The van der Waals surface area contributed by atoms with Crippen LogP contribution >= 0.6 is 0 Å². The van der Waals surface area contributed by atoms with E-state index < -0.39 is 0 Å². The van der Waals surface area contributed by atoms with Gasteiger partial charge in [0.15, 0.2) is 0 Å². The van der Waals surface area contributed by atoms with Crippen LogP contribution in [0.2, 0.25) is 0 Å². The van der Waals surface area contributed by atoms with Gasteiger partial charge in [-0.15, -0.1) is 0 Å². The van der Waals surface area contributed by atoms with Gasteiger partial charge < -0.3 is 14.5 Å². The number of aromatic nitrogens is 2. The number of ether oxygens (including phenoxy) is 2. The van der Waals surface area contributed by atoms with Crippen LogP contribution in [0.1, 0.15) is 26.0 Å². The highest BCUT2D eigenvalue weighted by Gasteiger charge is 2.20. The Labute approximate surface area is 112 Å². The summed E-state index contributed by atoms with van der Waals surface area (Å²) >= 11 is 0. The highest BCUT2D eigenvalue weighted by Crippen LogP contribution is 2.11. The third-order valence-electron chi connectivity index (χ3n) is 2.88. The zero-order chi connectivity index (χ0) is 14.3. The SMILES string of the molecule is CC1CCOC1=O.COC(=O)C(C)Cc1cnc[nH]1. The molecule has 1 N–H and O–H groups in total. The Hall–Kier alpha value is -1.85. The van der Waals surface area contributed by atoms with Crippen molar-refractivity contribution in [3.05, 3.63) is 18.2 Å². The van der Waals surface area contributed by atoms with Crippen LogP contribution in [0.5, 0.6) is 0 Å². The number of aromatic amines is 1. The molecule has 106 valence electrons. The number of H-pyrrole nitrogens is 1. The van der Waals surface area contributed by atoms with E-state index in [2.05, 4.69) is 19.4 Å². The molecule has 2 rings (SSSR count). The Bertz CT molecular complexity index is 403. The predicted molar refractivity (Wildman–Crippen MR) is 68.2 cm³/mol. The molecular weight excluding hydrogens is 248 g/mol. The van der Waals surface area contributed by atoms with E-state index in [0.29, 0.717) is 13.0 Å². The first kappa shape index (κ1) is 15.2. The third kappa shape index (κ3) is 5.11. The molecule has 1 aromatic rings. The summed E-state index contributed by atoms with van der Waals surface area (Å²) in [6.45, 7) is 4.34. The minimum Gasteiger partial charge on any atom is -0.469 e. The van der Waals surface area contributed by atoms with E-state index >= 15 is 0 Å². The third-order valence-corrected chi connectivity index (χ3v) is 2.88. The molecule has 6 nitrogen and oxygen atoms in total. The number of hydrogen-bond donors (Lipinski definition) is 1. The number of imidazole rings is 1. The van der Waals surface area contributed by atoms with Gasteiger partial charge in [-0.2, -0.15) is 0 Å². The predicted octanol–water partition coefficient (Wildman–Crippen LogP) is 1.33. The van der Waals surface area contributed by atoms with Crippen molar-refractivity contribution in [1.29, 1.82) is 0 Å². The maximum atomic E-state index is 11.0. The van der Waals surface area contributed by atoms with Gasteiger partial charge in [-0.05, 0) is 6.42 Å². The van der Waals surface area contributed by atoms with E-state index in [1.807, 2.05) is 13.8 Å². The average Bonchev–Trinajstić information content (AvgIpc) is 3.02. The molecule has 2 atom stereocenters. The second-order valence-corrected chi connectivity index (χ2v) is 4.56. The topological polar surface area (TPSA) is 81.3 Å². The van der Waals surface area contributed by atoms with Crippen molar-refractivity contribution in [3.63, 3.8) is 0 Å². The quantitative estimate of drug-likeness (QED) is 0.836. The minimum atomic E-state index is -0.190. The van der Waals surface area contributed by atoms with Gasteiger partial charge >= 0.3 is 11.9 Å². The van der Waals surface area contributed by atoms with Gasteiger partial charge in [-0.3, -0.25) is 9.59 Å². The van der Waals surface area contributed by atoms with Crippen molar-refractivity contribution in [2.24, 2.45) is 11.8 Å². The molecule has 0 amide bonds. The molecule has 1 aliphatic heterocycles. The molecule has 0 bridgehead atoms. The van der Waals surface area contributed by atoms with E-state index in [1.165, 1.54) is 7.11 Å². The Morgan fingerprint density at radius 3 is 2.79 bits per heavy atom. The number of rotatable bonds is 3. The van der Waals surface area contributed by atoms with Gasteiger partial charge in [-0.25, -0.2) is 4.98 Å². The Balaban J connectivity index is 0.000000218. The second kappa shape index (κ2) is 7.56. The van der Waals surface area contributed by atoms with E-state index in [1.54, 1.807) is 12.5 Å². The first-order chi connectivity index (χ1) is 9.04. The van der Waals surface area contributed by atoms with Crippen LogP contribution in [-0.4, -0.2) is 35.6 Å². The summed E-state index contributed by atoms with van der Waals surface area (Å²) in [5.41, 5.74) is 0.952. The van der Waals surface area contributed by atoms with Gasteiger partial charge in [0.25, 0.3) is 0 Å². The number of nitrogens with zero attached hydrogens (tertiary/aromatic N) is 1. The van der Waals surface area contributed by atoms with Crippen molar-refractivity contribution in [3.8, 4) is 0 Å². The fourth-order valence-corrected chi connectivity index (χ4v) is 1.61. The highest BCUT2D eigenvalue weighted by atomic mass is 16.5. The Morgan fingerprint density at radius 2 is 2.42 bits per heavy atom. The second-order valence-electron chi connectivity index (χ2n) is 4.56. The lowest BCUT2D eigenvalue weighted by molar-refractivity contribution is -0.144. The van der Waals surface area contributed by atoms with Crippen LogP contribution in [0.3, 0.4) is 0 Å². The number of nitrogens with one attached hydrogen (secondary N) is 1. The van der Waals surface area contributed by atoms with Crippen molar-refractivity contribution in [2.75, 3.05) is 13.7 Å². The van der Waals surface area contributed by atoms with Crippen LogP contribution in [0.15, 0.2) is 12.5 Å². The van der Waals surface area contributed by atoms with Crippen LogP contribution in [0.25, 0.3) is 0 Å². The molecule has 1 aliphatic rings. The van der Waals surface area contributed by atoms with E-state index in [4.69, 9.17) is 0 Å². The molecule has 1 saturated heterocycles. The molecule has 6 heteroatoms. The van der Waals surface area contributed by atoms with Crippen molar-refractivity contribution in [2.45, 2.75) is 26.7 Å². The molecule has 2 unspecified atom stereocenters. The molecule has 0 saturated carbocycles. The lowest BCUT2D eigenvalue weighted by atomic mass is 10.1. The lowest BCUT2D eigenvalue weighted by Gasteiger charge is -2.06. The average molecular weight is 268 g/mol. The van der Waals surface area contributed by atoms with E-state index in [9.17, 15) is 9.59 Å². The molecule has 0 spiro atoms. The number of hydrogen-bond acceptors (Lipinski definition) is 5. The molecular formula is C13H20N2O4. The van der Waals surface area contributed by atoms with Gasteiger partial charge in [0.05, 0.1) is 31.9 Å². The maximum absolute atomic E-state index is 11.0. The number of methoxy groups -OCH3 is 1. The summed E-state index contributed by atoms with van der Waals surface area (Å²) in [5.74, 6) is -0.194. The fourth-order valence-electron chi connectivity index (χ4n) is 1.61. The largest absolute Gasteiger partial charge is 0.469 e. The molecule has 2 heterocycles. The minimum absolute atomic E-state index is 0.0417. The summed E-state index contributed by atoms with van der Waals surface area (Å²) in [5, 5.41) is 0. The summed E-state index contributed by atoms with van der Waals surface area (Å²) in [6, 6.07) is 0. The van der Waals surface area contributed by atoms with Crippen molar-refractivity contribution >= 4 is 11.9 Å². The van der Waals surface area contributed by atoms with Gasteiger partial charge in [0.2, 0.25) is 0 Å². The van der Waals surface area contributed by atoms with Crippen molar-refractivity contribution in [1.82, 2.24) is 9.97 Å². The summed E-state index contributed by atoms with van der Waals surface area (Å²) in [7, 11) is 1.39. The Morgan fingerprint density at radius 1 is 1.68 bits per heavy atom. The van der Waals surface area contributed by atoms with E-state index in [0.717, 1.165) is 12.1 Å². The number of carbonyl (C=O) groups is 2. The number of carbonyl (C=O) groups excluding carboxylic acids is 2. The zero-order valence-corrected chi connectivity index (χ0v) is 11.5. The highest BCUT2D eigenvalue weighted by molar-refractivity contribution is 5.73. The summed E-state index contributed by atoms with van der Waals surface area (Å²) < 4.78 is 9.21. The zero-order valence-electron chi connectivity index (χ0n) is 11.5. The van der Waals surface area contributed by atoms with Crippen LogP contribution in [0.4, 0.5) is 0 Å². The Kier molecular flexibility index (Phi) is 6.05. The molecule has 19 heavy (non-hydrogen) atoms. The lowest BCUT2D eigenvalue weighted by Crippen LogP contribution is -2.15. The number of esters is 2. The fraction of sp³-hybridized carbons (Fsp3) is 0.615. The van der Waals surface area contributed by atoms with Crippen LogP contribution in [-0.2, 0) is 25.5 Å². The maximum Gasteiger partial charge on any atom is 0.308 e. The van der Waals surface area contributed by atoms with Crippen LogP contribution in [0, 0.1) is 11.8 Å². The first-order valence-corrected chi connectivity index (χ1v) is 6.26. The van der Waals surface area contributed by atoms with Gasteiger partial charge in [0.1, 0.15) is 0 Å². The standard InChI is InChI=1S/C8H12N2O2.C5H8O2/c1-6(8(11)12-2)3-7-4-9-5-10-7;1-4-2-3-7-5(4)6/h4-6H,3H2,1-2H3,(H,9,10);4H,2-3H2,1H3. The molecule has 0 aromatic carbocycles. The first-order valence-electron chi connectivity index (χ1n) is 6.26. The van der Waals surface area contributed by atoms with Crippen LogP contribution < -0.4 is 0 Å². The van der Waals surface area contributed by atoms with Gasteiger partial charge in [0, 0.05) is 18.3 Å². The summed E-state index contributed by atoms with van der Waals surface area (Å²) in [6.07, 6.45) is 4.85. The van der Waals surface area contributed by atoms with Crippen molar-refractivity contribution < 1.29 is 19.1 Å². The monoisotopic (exact) mass is 268 g/mol.